The summed E-state index contributed by atoms with van der Waals surface area (Å²) >= 11 is 0. The molecule has 0 spiro atoms. The zero-order valence-corrected chi connectivity index (χ0v) is 32.7. The fraction of sp³-hybridized carbons (Fsp3) is 0.605. The molecule has 0 amide bonds. The monoisotopic (exact) mass is 776 g/mol. The number of nitrogens with one attached hydrogen (secondary N) is 1. The van der Waals surface area contributed by atoms with E-state index in [9.17, 15) is 29.4 Å². The van der Waals surface area contributed by atoms with E-state index in [1.54, 1.807) is 26.8 Å². The normalized spacial score (nSPS) is 36.4. The molecule has 301 valence electrons. The molecule has 1 aliphatic heterocycles. The fourth-order valence-corrected chi connectivity index (χ4v) is 11.5. The third kappa shape index (κ3) is 5.50. The Morgan fingerprint density at radius 2 is 1.89 bits per heavy atom. The molecule has 1 saturated heterocycles. The molecule has 1 radical (unpaired) electrons. The van der Waals surface area contributed by atoms with Crippen LogP contribution >= 0.6 is 0 Å². The van der Waals surface area contributed by atoms with Crippen LogP contribution in [0.5, 0.6) is 5.75 Å². The minimum absolute atomic E-state index is 0.00813. The number of halogens is 2. The van der Waals surface area contributed by atoms with Crippen LogP contribution in [0.4, 0.5) is 14.5 Å². The average molecular weight is 777 g/mol. The van der Waals surface area contributed by atoms with Crippen LogP contribution in [0.3, 0.4) is 0 Å². The molecule has 2 aromatic rings. The molecule has 0 bridgehead atoms. The van der Waals surface area contributed by atoms with Gasteiger partial charge < -0.3 is 34.5 Å². The van der Waals surface area contributed by atoms with Crippen LogP contribution < -0.4 is 20.4 Å². The summed E-state index contributed by atoms with van der Waals surface area (Å²) in [5.41, 5.74) is -5.94. The standard InChI is InChI=1S/C43H52F2N3O8/c1-23-17-31-30-11-8-25-18-27(49)12-13-40(25,3)42(30,45)34(51)20-41(31,4)43(23,54)33(50)7-6-16-56-39(53)29-22-48(26-9-10-26)35-28(37(29)52)19-32(44)36(38(35)55-5)47-15-14-46-24(2)21-47/h7,12-13,18-19,22-24,26,30-31,34,46,51,54H,6,8-11,14-17,20-21H2,1-5H3/t23-,24?,30+,31+,34+,40+,41+,42+,43+/m0/s1. The van der Waals surface area contributed by atoms with Gasteiger partial charge in [0, 0.05) is 61.1 Å². The molecule has 2 heterocycles. The third-order valence-corrected chi connectivity index (χ3v) is 14.5. The number of piperazine rings is 1. The highest BCUT2D eigenvalue weighted by atomic mass is 19.1. The summed E-state index contributed by atoms with van der Waals surface area (Å²) in [5, 5.41) is 27.3. The highest BCUT2D eigenvalue weighted by molar-refractivity contribution is 6.01. The number of carbonyl (C=O) groups is 3. The quantitative estimate of drug-likeness (QED) is 0.236. The lowest BCUT2D eigenvalue weighted by Gasteiger charge is -2.62. The molecule has 6 aliphatic rings. The maximum absolute atomic E-state index is 17.5. The topological polar surface area (TPSA) is 147 Å². The lowest BCUT2D eigenvalue weighted by molar-refractivity contribution is -0.217. The molecular weight excluding hydrogens is 724 g/mol. The number of ketones is 2. The highest BCUT2D eigenvalue weighted by Gasteiger charge is 2.75. The van der Waals surface area contributed by atoms with Gasteiger partial charge in [-0.1, -0.05) is 25.5 Å². The fourth-order valence-electron chi connectivity index (χ4n) is 11.5. The number of esters is 1. The SMILES string of the molecule is COc1c(N2CCNC(C)C2)c(F)cc2c(=O)c(C(=O)OCC[CH]C(=O)[C@]3(O)[C@@H](C)C[C@@H]4[C@H]5CCC6=CC(=O)C=C[C@@]6(C)[C@]5(F)[C@H](O)C[C@]43C)cn(C3CC3)c12. The Morgan fingerprint density at radius 3 is 2.59 bits per heavy atom. The van der Waals surface area contributed by atoms with E-state index < -0.39 is 69.0 Å². The number of aromatic nitrogens is 1. The number of aliphatic hydroxyl groups excluding tert-OH is 1. The summed E-state index contributed by atoms with van der Waals surface area (Å²) in [6.07, 6.45) is 8.27. The maximum atomic E-state index is 17.5. The Kier molecular flexibility index (Phi) is 9.44. The van der Waals surface area contributed by atoms with Crippen molar-refractivity contribution in [3.63, 3.8) is 0 Å². The number of ether oxygens (including phenoxy) is 2. The summed E-state index contributed by atoms with van der Waals surface area (Å²) in [4.78, 5) is 55.4. The largest absolute Gasteiger partial charge is 0.492 e. The molecule has 13 heteroatoms. The van der Waals surface area contributed by atoms with Gasteiger partial charge in [-0.3, -0.25) is 14.4 Å². The van der Waals surface area contributed by atoms with E-state index in [2.05, 4.69) is 5.32 Å². The molecule has 1 aromatic carbocycles. The number of allylic oxidation sites excluding steroid dienone is 4. The maximum Gasteiger partial charge on any atom is 0.343 e. The van der Waals surface area contributed by atoms with Crippen LogP contribution in [0.15, 0.2) is 40.9 Å². The van der Waals surface area contributed by atoms with Gasteiger partial charge in [-0.05, 0) is 88.8 Å². The van der Waals surface area contributed by atoms with Crippen molar-refractivity contribution in [2.24, 2.45) is 28.6 Å². The van der Waals surface area contributed by atoms with Crippen LogP contribution in [0.25, 0.3) is 10.9 Å². The van der Waals surface area contributed by atoms with Gasteiger partial charge in [0.2, 0.25) is 5.43 Å². The van der Waals surface area contributed by atoms with E-state index in [0.29, 0.717) is 50.0 Å². The summed E-state index contributed by atoms with van der Waals surface area (Å²) in [6, 6.07) is 1.28. The molecule has 4 saturated carbocycles. The highest BCUT2D eigenvalue weighted by Crippen LogP contribution is 2.70. The van der Waals surface area contributed by atoms with E-state index in [4.69, 9.17) is 9.47 Å². The lowest BCUT2D eigenvalue weighted by atomic mass is 9.44. The Labute approximate surface area is 325 Å². The Balaban J connectivity index is 0.990. The van der Waals surface area contributed by atoms with Gasteiger partial charge in [-0.15, -0.1) is 0 Å². The summed E-state index contributed by atoms with van der Waals surface area (Å²) < 4.78 is 46.5. The van der Waals surface area contributed by atoms with Gasteiger partial charge >= 0.3 is 5.97 Å². The Bertz CT molecular complexity index is 2130. The zero-order valence-electron chi connectivity index (χ0n) is 32.7. The Hall–Kier alpha value is -3.94. The number of rotatable bonds is 9. The average Bonchev–Trinajstić information content (AvgIpc) is 3.98. The number of carbonyl (C=O) groups excluding carboxylic acids is 3. The van der Waals surface area contributed by atoms with Gasteiger partial charge in [0.1, 0.15) is 16.9 Å². The molecule has 56 heavy (non-hydrogen) atoms. The third-order valence-electron chi connectivity index (χ3n) is 14.5. The molecule has 5 aliphatic carbocycles. The van der Waals surface area contributed by atoms with E-state index >= 15 is 8.78 Å². The Morgan fingerprint density at radius 1 is 1.14 bits per heavy atom. The predicted molar refractivity (Wildman–Crippen MR) is 205 cm³/mol. The smallest absolute Gasteiger partial charge is 0.343 e. The predicted octanol–water partition coefficient (Wildman–Crippen LogP) is 4.95. The van der Waals surface area contributed by atoms with Crippen molar-refractivity contribution in [3.05, 3.63) is 64.1 Å². The van der Waals surface area contributed by atoms with Crippen LogP contribution in [0.1, 0.15) is 89.0 Å². The summed E-state index contributed by atoms with van der Waals surface area (Å²) in [5.74, 6) is -3.73. The van der Waals surface area contributed by atoms with E-state index in [-0.39, 0.29) is 59.7 Å². The van der Waals surface area contributed by atoms with Gasteiger partial charge in [0.05, 0.1) is 30.7 Å². The van der Waals surface area contributed by atoms with Crippen molar-refractivity contribution >= 4 is 34.1 Å². The van der Waals surface area contributed by atoms with Crippen LogP contribution in [0.2, 0.25) is 0 Å². The van der Waals surface area contributed by atoms with Crippen molar-refractivity contribution in [1.29, 1.82) is 0 Å². The molecule has 11 nitrogen and oxygen atoms in total. The number of methoxy groups -OCH3 is 1. The number of alkyl halides is 1. The van der Waals surface area contributed by atoms with E-state index in [0.717, 1.165) is 12.8 Å². The second kappa shape index (κ2) is 13.6. The number of hydrogen-bond acceptors (Lipinski definition) is 10. The van der Waals surface area contributed by atoms with Crippen molar-refractivity contribution in [2.75, 3.05) is 38.3 Å². The second-order valence-corrected chi connectivity index (χ2v) is 17.6. The first-order valence-corrected chi connectivity index (χ1v) is 20.0. The zero-order chi connectivity index (χ0) is 40.1. The van der Waals surface area contributed by atoms with Gasteiger partial charge in [-0.25, -0.2) is 13.6 Å². The number of hydrogen-bond donors (Lipinski definition) is 3. The number of aliphatic hydroxyl groups is 2. The second-order valence-electron chi connectivity index (χ2n) is 17.6. The molecule has 5 fully saturated rings. The van der Waals surface area contributed by atoms with Gasteiger partial charge in [0.15, 0.2) is 28.8 Å². The van der Waals surface area contributed by atoms with Crippen LogP contribution in [0, 0.1) is 40.8 Å². The minimum atomic E-state index is -2.09. The number of Topliss-reactive ketones (excluding diaryl/α,β-unsaturated/α-hetero) is 1. The van der Waals surface area contributed by atoms with Crippen molar-refractivity contribution < 1.29 is 42.9 Å². The number of benzene rings is 1. The van der Waals surface area contributed by atoms with E-state index in [1.807, 2.05) is 16.4 Å². The molecule has 9 atom stereocenters. The molecule has 8 rings (SSSR count). The first kappa shape index (κ1) is 38.9. The first-order valence-electron chi connectivity index (χ1n) is 20.0. The van der Waals surface area contributed by atoms with Gasteiger partial charge in [0.25, 0.3) is 0 Å². The van der Waals surface area contributed by atoms with Crippen molar-refractivity contribution in [2.45, 2.75) is 102 Å². The molecule has 3 N–H and O–H groups in total. The van der Waals surface area contributed by atoms with E-state index in [1.165, 1.54) is 37.9 Å². The van der Waals surface area contributed by atoms with Crippen LogP contribution in [-0.2, 0) is 14.3 Å². The lowest BCUT2D eigenvalue weighted by Crippen LogP contribution is -2.69. The van der Waals surface area contributed by atoms with Crippen molar-refractivity contribution in [3.8, 4) is 5.75 Å². The number of nitrogens with zero attached hydrogens (tertiary/aromatic N) is 2. The molecule has 1 unspecified atom stereocenters. The minimum Gasteiger partial charge on any atom is -0.492 e. The summed E-state index contributed by atoms with van der Waals surface area (Å²) in [7, 11) is 1.44. The number of anilines is 1. The molecular formula is C43H52F2N3O8. The first-order chi connectivity index (χ1) is 26.5. The van der Waals surface area contributed by atoms with Crippen LogP contribution in [-0.4, -0.2) is 89.1 Å². The van der Waals surface area contributed by atoms with Crippen molar-refractivity contribution in [1.82, 2.24) is 9.88 Å². The number of fused-ring (bicyclic) bond motifs is 6. The summed E-state index contributed by atoms with van der Waals surface area (Å²) in [6.45, 7) is 8.76. The van der Waals surface area contributed by atoms with Gasteiger partial charge in [-0.2, -0.15) is 0 Å². The number of pyridine rings is 1. The molecule has 1 aromatic heterocycles.